The van der Waals surface area contributed by atoms with Gasteiger partial charge >= 0.3 is 0 Å². The molecule has 0 aromatic carbocycles. The first-order valence-electron chi connectivity index (χ1n) is 8.43. The Balaban J connectivity index is 1.56. The first kappa shape index (κ1) is 14.3. The molecule has 1 atom stereocenters. The molecule has 4 heteroatoms. The minimum absolute atomic E-state index is 0.224. The molecule has 0 spiro atoms. The Labute approximate surface area is 122 Å². The Morgan fingerprint density at radius 3 is 2.60 bits per heavy atom. The van der Waals surface area contributed by atoms with E-state index in [1.54, 1.807) is 0 Å². The number of hydrogen-bond donors (Lipinski definition) is 1. The van der Waals surface area contributed by atoms with Crippen molar-refractivity contribution in [3.8, 4) is 0 Å². The number of amides is 1. The first-order chi connectivity index (χ1) is 9.83. The molecular formula is C16H28N2O2. The molecule has 0 aromatic heterocycles. The molecule has 3 fully saturated rings. The maximum Gasteiger partial charge on any atom is 0.224 e. The SMILES string of the molecule is O=C(CC1COCCN1)N(CC1CC1)C1CCCCC1. The van der Waals surface area contributed by atoms with E-state index in [-0.39, 0.29) is 6.04 Å². The van der Waals surface area contributed by atoms with Crippen LogP contribution in [0.1, 0.15) is 51.4 Å². The summed E-state index contributed by atoms with van der Waals surface area (Å²) in [4.78, 5) is 14.9. The van der Waals surface area contributed by atoms with Gasteiger partial charge in [0, 0.05) is 31.6 Å². The minimum Gasteiger partial charge on any atom is -0.378 e. The van der Waals surface area contributed by atoms with Crippen LogP contribution in [-0.2, 0) is 9.53 Å². The van der Waals surface area contributed by atoms with Crippen LogP contribution in [0.25, 0.3) is 0 Å². The summed E-state index contributed by atoms with van der Waals surface area (Å²) in [5.74, 6) is 1.14. The molecular weight excluding hydrogens is 252 g/mol. The molecule has 0 bridgehead atoms. The topological polar surface area (TPSA) is 41.6 Å². The van der Waals surface area contributed by atoms with Crippen molar-refractivity contribution >= 4 is 5.91 Å². The van der Waals surface area contributed by atoms with Gasteiger partial charge < -0.3 is 15.0 Å². The van der Waals surface area contributed by atoms with Gasteiger partial charge in [0.15, 0.2) is 0 Å². The Hall–Kier alpha value is -0.610. The highest BCUT2D eigenvalue weighted by molar-refractivity contribution is 5.77. The third-order valence-electron chi connectivity index (χ3n) is 4.91. The van der Waals surface area contributed by atoms with Crippen LogP contribution in [0.5, 0.6) is 0 Å². The Morgan fingerprint density at radius 2 is 1.95 bits per heavy atom. The number of rotatable bonds is 5. The normalized spacial score (nSPS) is 28.3. The molecule has 114 valence electrons. The minimum atomic E-state index is 0.224. The highest BCUT2D eigenvalue weighted by Crippen LogP contribution is 2.33. The summed E-state index contributed by atoms with van der Waals surface area (Å²) < 4.78 is 5.47. The van der Waals surface area contributed by atoms with Crippen molar-refractivity contribution in [1.29, 1.82) is 0 Å². The van der Waals surface area contributed by atoms with Crippen LogP contribution < -0.4 is 5.32 Å². The van der Waals surface area contributed by atoms with Gasteiger partial charge in [-0.2, -0.15) is 0 Å². The average molecular weight is 280 g/mol. The summed E-state index contributed by atoms with van der Waals surface area (Å²) in [6.07, 6.45) is 9.62. The molecule has 1 saturated heterocycles. The number of carbonyl (C=O) groups is 1. The van der Waals surface area contributed by atoms with E-state index in [0.717, 1.165) is 25.6 Å². The molecule has 1 heterocycles. The molecule has 0 aromatic rings. The fourth-order valence-corrected chi connectivity index (χ4v) is 3.50. The van der Waals surface area contributed by atoms with Crippen molar-refractivity contribution in [3.05, 3.63) is 0 Å². The molecule has 1 aliphatic heterocycles. The van der Waals surface area contributed by atoms with Crippen LogP contribution in [0.15, 0.2) is 0 Å². The van der Waals surface area contributed by atoms with Crippen LogP contribution >= 0.6 is 0 Å². The standard InChI is InChI=1S/C16H28N2O2/c19-16(10-14-12-20-9-8-17-14)18(11-13-6-7-13)15-4-2-1-3-5-15/h13-15,17H,1-12H2. The zero-order chi connectivity index (χ0) is 13.8. The van der Waals surface area contributed by atoms with Crippen LogP contribution in [0.4, 0.5) is 0 Å². The highest BCUT2D eigenvalue weighted by atomic mass is 16.5. The second-order valence-electron chi connectivity index (χ2n) is 6.71. The number of hydrogen-bond acceptors (Lipinski definition) is 3. The lowest BCUT2D eigenvalue weighted by Gasteiger charge is -2.36. The smallest absolute Gasteiger partial charge is 0.224 e. The van der Waals surface area contributed by atoms with E-state index in [1.165, 1.54) is 44.9 Å². The maximum absolute atomic E-state index is 12.7. The van der Waals surface area contributed by atoms with Gasteiger partial charge in [0.1, 0.15) is 0 Å². The summed E-state index contributed by atoms with van der Waals surface area (Å²) >= 11 is 0. The van der Waals surface area contributed by atoms with E-state index in [4.69, 9.17) is 4.74 Å². The van der Waals surface area contributed by atoms with Gasteiger partial charge in [-0.05, 0) is 31.6 Å². The Bertz CT molecular complexity index is 318. The molecule has 1 N–H and O–H groups in total. The fourth-order valence-electron chi connectivity index (χ4n) is 3.50. The number of nitrogens with one attached hydrogen (secondary N) is 1. The largest absolute Gasteiger partial charge is 0.378 e. The molecule has 3 rings (SSSR count). The predicted octanol–water partition coefficient (Wildman–Crippen LogP) is 1.94. The second kappa shape index (κ2) is 6.90. The van der Waals surface area contributed by atoms with Gasteiger partial charge in [0.25, 0.3) is 0 Å². The van der Waals surface area contributed by atoms with Crippen molar-refractivity contribution in [1.82, 2.24) is 10.2 Å². The van der Waals surface area contributed by atoms with Gasteiger partial charge in [-0.1, -0.05) is 19.3 Å². The van der Waals surface area contributed by atoms with Gasteiger partial charge in [-0.15, -0.1) is 0 Å². The zero-order valence-electron chi connectivity index (χ0n) is 12.5. The number of morpholine rings is 1. The predicted molar refractivity (Wildman–Crippen MR) is 78.5 cm³/mol. The summed E-state index contributed by atoms with van der Waals surface area (Å²) in [5.41, 5.74) is 0. The lowest BCUT2D eigenvalue weighted by Crippen LogP contribution is -2.48. The quantitative estimate of drug-likeness (QED) is 0.837. The molecule has 2 aliphatic carbocycles. The number of carbonyl (C=O) groups excluding carboxylic acids is 1. The van der Waals surface area contributed by atoms with Crippen molar-refractivity contribution in [3.63, 3.8) is 0 Å². The summed E-state index contributed by atoms with van der Waals surface area (Å²) in [6.45, 7) is 3.36. The van der Waals surface area contributed by atoms with Gasteiger partial charge in [-0.3, -0.25) is 4.79 Å². The lowest BCUT2D eigenvalue weighted by molar-refractivity contribution is -0.135. The fraction of sp³-hybridized carbons (Fsp3) is 0.938. The summed E-state index contributed by atoms with van der Waals surface area (Å²) in [6, 6.07) is 0.739. The maximum atomic E-state index is 12.7. The second-order valence-corrected chi connectivity index (χ2v) is 6.71. The Kier molecular flexibility index (Phi) is 4.94. The summed E-state index contributed by atoms with van der Waals surface area (Å²) in [7, 11) is 0. The van der Waals surface area contributed by atoms with Crippen molar-refractivity contribution < 1.29 is 9.53 Å². The number of ether oxygens (including phenoxy) is 1. The van der Waals surface area contributed by atoms with Crippen molar-refractivity contribution in [2.75, 3.05) is 26.3 Å². The Morgan fingerprint density at radius 1 is 1.15 bits per heavy atom. The van der Waals surface area contributed by atoms with Crippen molar-refractivity contribution in [2.45, 2.75) is 63.5 Å². The van der Waals surface area contributed by atoms with Gasteiger partial charge in [0.05, 0.1) is 13.2 Å². The van der Waals surface area contributed by atoms with Crippen LogP contribution in [-0.4, -0.2) is 49.2 Å². The highest BCUT2D eigenvalue weighted by Gasteiger charge is 2.32. The average Bonchev–Trinajstić information content (AvgIpc) is 3.31. The van der Waals surface area contributed by atoms with E-state index in [0.29, 0.717) is 25.0 Å². The van der Waals surface area contributed by atoms with E-state index in [1.807, 2.05) is 0 Å². The third-order valence-corrected chi connectivity index (χ3v) is 4.91. The van der Waals surface area contributed by atoms with Crippen molar-refractivity contribution in [2.24, 2.45) is 5.92 Å². The lowest BCUT2D eigenvalue weighted by atomic mass is 9.93. The van der Waals surface area contributed by atoms with Crippen LogP contribution in [0, 0.1) is 5.92 Å². The molecule has 3 aliphatic rings. The molecule has 1 amide bonds. The van der Waals surface area contributed by atoms with Crippen LogP contribution in [0.3, 0.4) is 0 Å². The summed E-state index contributed by atoms with van der Waals surface area (Å²) in [5, 5.41) is 3.40. The molecule has 20 heavy (non-hydrogen) atoms. The van der Waals surface area contributed by atoms with E-state index in [9.17, 15) is 4.79 Å². The van der Waals surface area contributed by atoms with Gasteiger partial charge in [-0.25, -0.2) is 0 Å². The molecule has 0 radical (unpaired) electrons. The van der Waals surface area contributed by atoms with E-state index >= 15 is 0 Å². The zero-order valence-corrected chi connectivity index (χ0v) is 12.5. The van der Waals surface area contributed by atoms with Gasteiger partial charge in [0.2, 0.25) is 5.91 Å². The molecule has 4 nitrogen and oxygen atoms in total. The van der Waals surface area contributed by atoms with E-state index in [2.05, 4.69) is 10.2 Å². The molecule has 2 saturated carbocycles. The van der Waals surface area contributed by atoms with Crippen LogP contribution in [0.2, 0.25) is 0 Å². The third kappa shape index (κ3) is 3.95. The van der Waals surface area contributed by atoms with E-state index < -0.39 is 0 Å². The monoisotopic (exact) mass is 280 g/mol. The first-order valence-corrected chi connectivity index (χ1v) is 8.43. The number of nitrogens with zero attached hydrogens (tertiary/aromatic N) is 1. The molecule has 1 unspecified atom stereocenters.